The molecule has 0 aromatic carbocycles. The minimum absolute atomic E-state index is 0.323. The first kappa shape index (κ1) is 12.8. The summed E-state index contributed by atoms with van der Waals surface area (Å²) >= 11 is 0. The Hall–Kier alpha value is -2.31. The number of pyridine rings is 1. The van der Waals surface area contributed by atoms with E-state index in [0.29, 0.717) is 5.69 Å². The van der Waals surface area contributed by atoms with E-state index in [-0.39, 0.29) is 6.54 Å². The molecular weight excluding hydrogens is 228 g/mol. The van der Waals surface area contributed by atoms with Crippen LogP contribution in [0.15, 0.2) is 23.1 Å². The van der Waals surface area contributed by atoms with Crippen molar-refractivity contribution in [3.63, 3.8) is 0 Å². The highest BCUT2D eigenvalue weighted by Gasteiger charge is 2.16. The number of nitrogen functional groups attached to an aromatic ring is 1. The van der Waals surface area contributed by atoms with E-state index in [0.717, 1.165) is 4.57 Å². The molecule has 0 aliphatic carbocycles. The number of ether oxygens (including phenoxy) is 1. The number of rotatable bonds is 4. The van der Waals surface area contributed by atoms with Crippen molar-refractivity contribution in [2.45, 2.75) is 19.6 Å². The number of anilines is 1. The second-order valence-electron chi connectivity index (χ2n) is 3.40. The summed E-state index contributed by atoms with van der Waals surface area (Å²) in [5.74, 6) is -2.06. The van der Waals surface area contributed by atoms with Crippen molar-refractivity contribution in [1.29, 1.82) is 0 Å². The Morgan fingerprint density at radius 1 is 1.53 bits per heavy atom. The Kier molecular flexibility index (Phi) is 3.86. The summed E-state index contributed by atoms with van der Waals surface area (Å²) < 4.78 is 5.62. The Balaban J connectivity index is 2.71. The molecule has 0 saturated carbocycles. The Labute approximate surface area is 96.4 Å². The number of carbonyl (C=O) groups is 2. The number of nitrogens with two attached hydrogens (primary N) is 1. The molecule has 1 unspecified atom stereocenters. The van der Waals surface area contributed by atoms with Crippen LogP contribution in [-0.4, -0.2) is 27.7 Å². The smallest absolute Gasteiger partial charge is 0.344 e. The van der Waals surface area contributed by atoms with Crippen molar-refractivity contribution in [2.24, 2.45) is 0 Å². The van der Waals surface area contributed by atoms with Crippen LogP contribution in [0.25, 0.3) is 0 Å². The highest BCUT2D eigenvalue weighted by atomic mass is 16.6. The van der Waals surface area contributed by atoms with Gasteiger partial charge in [0.15, 0.2) is 6.10 Å². The van der Waals surface area contributed by atoms with E-state index in [1.807, 2.05) is 0 Å². The standard InChI is InChI=1S/C10H12N2O5/c1-6(10(15)16)17-9(14)5-12-4-7(11)2-3-8(12)13/h2-4,6H,5,11H2,1H3,(H,15,16). The van der Waals surface area contributed by atoms with E-state index in [9.17, 15) is 14.4 Å². The van der Waals surface area contributed by atoms with Crippen LogP contribution in [0.2, 0.25) is 0 Å². The molecule has 0 saturated heterocycles. The summed E-state index contributed by atoms with van der Waals surface area (Å²) in [4.78, 5) is 33.1. The molecule has 0 radical (unpaired) electrons. The molecule has 17 heavy (non-hydrogen) atoms. The fraction of sp³-hybridized carbons (Fsp3) is 0.300. The maximum atomic E-state index is 11.3. The zero-order chi connectivity index (χ0) is 13.0. The van der Waals surface area contributed by atoms with Gasteiger partial charge in [-0.3, -0.25) is 9.59 Å². The van der Waals surface area contributed by atoms with Gasteiger partial charge in [-0.2, -0.15) is 0 Å². The number of carboxylic acid groups (broad SMARTS) is 1. The summed E-state index contributed by atoms with van der Waals surface area (Å²) in [7, 11) is 0. The Morgan fingerprint density at radius 3 is 2.76 bits per heavy atom. The quantitative estimate of drug-likeness (QED) is 0.683. The predicted octanol–water partition coefficient (Wildman–Crippen LogP) is -0.553. The van der Waals surface area contributed by atoms with Gasteiger partial charge in [0, 0.05) is 18.0 Å². The van der Waals surface area contributed by atoms with Gasteiger partial charge in [0.05, 0.1) is 0 Å². The van der Waals surface area contributed by atoms with Gasteiger partial charge >= 0.3 is 11.9 Å². The third-order valence-electron chi connectivity index (χ3n) is 1.96. The number of esters is 1. The highest BCUT2D eigenvalue weighted by molar-refractivity contribution is 5.77. The molecule has 7 nitrogen and oxygen atoms in total. The number of nitrogens with zero attached hydrogens (tertiary/aromatic N) is 1. The largest absolute Gasteiger partial charge is 0.479 e. The third kappa shape index (κ3) is 3.63. The molecule has 0 amide bonds. The van der Waals surface area contributed by atoms with Crippen molar-refractivity contribution in [2.75, 3.05) is 5.73 Å². The number of carboxylic acids is 1. The number of hydrogen-bond acceptors (Lipinski definition) is 5. The van der Waals surface area contributed by atoms with Crippen LogP contribution in [0, 0.1) is 0 Å². The minimum Gasteiger partial charge on any atom is -0.479 e. The van der Waals surface area contributed by atoms with E-state index >= 15 is 0 Å². The van der Waals surface area contributed by atoms with Crippen LogP contribution in [-0.2, 0) is 20.9 Å². The molecule has 0 fully saturated rings. The van der Waals surface area contributed by atoms with Crippen LogP contribution in [0.4, 0.5) is 5.69 Å². The summed E-state index contributed by atoms with van der Waals surface area (Å²) in [6.07, 6.45) is 0.0360. The molecule has 92 valence electrons. The van der Waals surface area contributed by atoms with E-state index in [1.54, 1.807) is 0 Å². The van der Waals surface area contributed by atoms with Crippen molar-refractivity contribution >= 4 is 17.6 Å². The maximum Gasteiger partial charge on any atom is 0.344 e. The first-order chi connectivity index (χ1) is 7.90. The normalized spacial score (nSPS) is 11.8. The highest BCUT2D eigenvalue weighted by Crippen LogP contribution is 1.98. The number of carbonyl (C=O) groups excluding carboxylic acids is 1. The van der Waals surface area contributed by atoms with Gasteiger partial charge in [-0.05, 0) is 13.0 Å². The average Bonchev–Trinajstić information content (AvgIpc) is 2.23. The van der Waals surface area contributed by atoms with Crippen LogP contribution in [0.1, 0.15) is 6.92 Å². The van der Waals surface area contributed by atoms with E-state index < -0.39 is 23.6 Å². The molecule has 1 heterocycles. The first-order valence-corrected chi connectivity index (χ1v) is 4.78. The first-order valence-electron chi connectivity index (χ1n) is 4.78. The van der Waals surface area contributed by atoms with Gasteiger partial charge in [-0.1, -0.05) is 0 Å². The fourth-order valence-corrected chi connectivity index (χ4v) is 1.10. The van der Waals surface area contributed by atoms with Gasteiger partial charge in [0.2, 0.25) is 0 Å². The topological polar surface area (TPSA) is 112 Å². The molecule has 0 aliphatic heterocycles. The maximum absolute atomic E-state index is 11.3. The van der Waals surface area contributed by atoms with Crippen molar-refractivity contribution in [1.82, 2.24) is 4.57 Å². The number of aliphatic carboxylic acids is 1. The summed E-state index contributed by atoms with van der Waals surface area (Å²) in [6, 6.07) is 2.62. The fourth-order valence-electron chi connectivity index (χ4n) is 1.10. The van der Waals surface area contributed by atoms with E-state index in [1.165, 1.54) is 25.3 Å². The molecule has 1 rings (SSSR count). The third-order valence-corrected chi connectivity index (χ3v) is 1.96. The molecule has 3 N–H and O–H groups in total. The van der Waals surface area contributed by atoms with Gasteiger partial charge in [-0.15, -0.1) is 0 Å². The van der Waals surface area contributed by atoms with E-state index in [2.05, 4.69) is 4.74 Å². The summed E-state index contributed by atoms with van der Waals surface area (Å²) in [5.41, 5.74) is 5.35. The molecule has 1 aromatic rings. The van der Waals surface area contributed by atoms with Crippen LogP contribution in [0.3, 0.4) is 0 Å². The Bertz CT molecular complexity index is 494. The minimum atomic E-state index is -1.25. The van der Waals surface area contributed by atoms with Crippen LogP contribution >= 0.6 is 0 Å². The van der Waals surface area contributed by atoms with E-state index in [4.69, 9.17) is 10.8 Å². The van der Waals surface area contributed by atoms with Gasteiger partial charge < -0.3 is 20.1 Å². The average molecular weight is 240 g/mol. The summed E-state index contributed by atoms with van der Waals surface area (Å²) in [6.45, 7) is 0.851. The zero-order valence-electron chi connectivity index (χ0n) is 9.12. The predicted molar refractivity (Wildman–Crippen MR) is 58.3 cm³/mol. The van der Waals surface area contributed by atoms with Crippen molar-refractivity contribution in [3.05, 3.63) is 28.7 Å². The Morgan fingerprint density at radius 2 is 2.18 bits per heavy atom. The molecule has 1 aromatic heterocycles. The molecule has 0 spiro atoms. The second kappa shape index (κ2) is 5.15. The number of hydrogen-bond donors (Lipinski definition) is 2. The lowest BCUT2D eigenvalue weighted by atomic mass is 10.4. The summed E-state index contributed by atoms with van der Waals surface area (Å²) in [5, 5.41) is 8.53. The molecule has 7 heteroatoms. The molecular formula is C10H12N2O5. The molecule has 0 bridgehead atoms. The lowest BCUT2D eigenvalue weighted by molar-refractivity contribution is -0.163. The number of aromatic nitrogens is 1. The van der Waals surface area contributed by atoms with Crippen LogP contribution in [0.5, 0.6) is 0 Å². The molecule has 0 aliphatic rings. The monoisotopic (exact) mass is 240 g/mol. The van der Waals surface area contributed by atoms with Gasteiger partial charge in [0.1, 0.15) is 6.54 Å². The van der Waals surface area contributed by atoms with Crippen LogP contribution < -0.4 is 11.3 Å². The molecule has 1 atom stereocenters. The zero-order valence-corrected chi connectivity index (χ0v) is 9.12. The van der Waals surface area contributed by atoms with Gasteiger partial charge in [-0.25, -0.2) is 4.79 Å². The van der Waals surface area contributed by atoms with Gasteiger partial charge in [0.25, 0.3) is 5.56 Å². The van der Waals surface area contributed by atoms with Crippen molar-refractivity contribution in [3.8, 4) is 0 Å². The lowest BCUT2D eigenvalue weighted by Crippen LogP contribution is -2.29. The van der Waals surface area contributed by atoms with Crippen molar-refractivity contribution < 1.29 is 19.4 Å². The SMILES string of the molecule is CC(OC(=O)Cn1cc(N)ccc1=O)C(=O)O. The lowest BCUT2D eigenvalue weighted by Gasteiger charge is -2.10. The second-order valence-corrected chi connectivity index (χ2v) is 3.40.